The molecule has 1 saturated heterocycles. The van der Waals surface area contributed by atoms with Gasteiger partial charge in [0.15, 0.2) is 5.43 Å². The maximum atomic E-state index is 12.2. The molecule has 0 radical (unpaired) electrons. The average molecular weight is 257 g/mol. The van der Waals surface area contributed by atoms with Crippen LogP contribution in [0.2, 0.25) is 0 Å². The lowest BCUT2D eigenvalue weighted by Crippen LogP contribution is -2.50. The molecule has 5 nitrogen and oxygen atoms in total. The topological polar surface area (TPSA) is 62.4 Å². The molecule has 0 aliphatic carbocycles. The van der Waals surface area contributed by atoms with E-state index in [2.05, 4.69) is 4.98 Å². The molecule has 1 aromatic rings. The van der Waals surface area contributed by atoms with Crippen LogP contribution in [0.5, 0.6) is 0 Å². The van der Waals surface area contributed by atoms with Gasteiger partial charge in [0.2, 0.25) is 0 Å². The van der Waals surface area contributed by atoms with E-state index in [0.717, 1.165) is 0 Å². The van der Waals surface area contributed by atoms with Crippen molar-refractivity contribution < 1.29 is 9.53 Å². The quantitative estimate of drug-likeness (QED) is 0.782. The minimum Gasteiger partial charge on any atom is -0.377 e. The monoisotopic (exact) mass is 256 g/mol. The Morgan fingerprint density at radius 3 is 3.18 bits per heavy atom. The van der Waals surface area contributed by atoms with Crippen molar-refractivity contribution in [2.75, 3.05) is 25.6 Å². The molecule has 1 amide bonds. The van der Waals surface area contributed by atoms with Crippen LogP contribution in [0.4, 0.5) is 0 Å². The van der Waals surface area contributed by atoms with Gasteiger partial charge in [-0.1, -0.05) is 0 Å². The van der Waals surface area contributed by atoms with Gasteiger partial charge < -0.3 is 14.6 Å². The van der Waals surface area contributed by atoms with Gasteiger partial charge >= 0.3 is 0 Å². The minimum absolute atomic E-state index is 0.143. The van der Waals surface area contributed by atoms with Gasteiger partial charge in [-0.25, -0.2) is 0 Å². The summed E-state index contributed by atoms with van der Waals surface area (Å²) >= 11 is 5.79. The third kappa shape index (κ3) is 2.50. The first-order chi connectivity index (χ1) is 8.24. The fourth-order valence-electron chi connectivity index (χ4n) is 1.79. The smallest absolute Gasteiger partial charge is 0.259 e. The predicted octanol–water partition coefficient (Wildman–Crippen LogP) is 0.455. The second kappa shape index (κ2) is 5.33. The highest BCUT2D eigenvalue weighted by atomic mass is 35.5. The van der Waals surface area contributed by atoms with Crippen LogP contribution in [0.1, 0.15) is 10.4 Å². The van der Waals surface area contributed by atoms with Gasteiger partial charge in [-0.05, 0) is 0 Å². The van der Waals surface area contributed by atoms with Gasteiger partial charge in [0, 0.05) is 30.9 Å². The zero-order valence-corrected chi connectivity index (χ0v) is 9.94. The summed E-state index contributed by atoms with van der Waals surface area (Å²) in [6.07, 6.45) is 2.92. The number of H-pyrrole nitrogens is 1. The second-order valence-corrected chi connectivity index (χ2v) is 4.11. The number of rotatable bonds is 2. The maximum Gasteiger partial charge on any atom is 0.259 e. The molecule has 1 fully saturated rings. The van der Waals surface area contributed by atoms with Crippen LogP contribution in [0.15, 0.2) is 23.3 Å². The zero-order valence-electron chi connectivity index (χ0n) is 9.19. The Morgan fingerprint density at radius 1 is 1.65 bits per heavy atom. The van der Waals surface area contributed by atoms with E-state index in [0.29, 0.717) is 25.6 Å². The molecule has 92 valence electrons. The minimum atomic E-state index is -0.291. The highest BCUT2D eigenvalue weighted by molar-refractivity contribution is 6.18. The molecule has 0 aromatic carbocycles. The third-order valence-electron chi connectivity index (χ3n) is 2.72. The van der Waals surface area contributed by atoms with Crippen molar-refractivity contribution in [2.45, 2.75) is 6.04 Å². The number of hydrogen-bond acceptors (Lipinski definition) is 3. The molecule has 2 rings (SSSR count). The van der Waals surface area contributed by atoms with Crippen molar-refractivity contribution >= 4 is 17.5 Å². The van der Waals surface area contributed by atoms with Crippen LogP contribution in [0, 0.1) is 0 Å². The van der Waals surface area contributed by atoms with Gasteiger partial charge in [-0.2, -0.15) is 0 Å². The number of amides is 1. The number of nitrogens with zero attached hydrogens (tertiary/aromatic N) is 1. The van der Waals surface area contributed by atoms with E-state index in [1.165, 1.54) is 18.5 Å². The second-order valence-electron chi connectivity index (χ2n) is 3.80. The summed E-state index contributed by atoms with van der Waals surface area (Å²) in [4.78, 5) is 28.1. The third-order valence-corrected chi connectivity index (χ3v) is 3.08. The van der Waals surface area contributed by atoms with Crippen molar-refractivity contribution in [3.05, 3.63) is 34.2 Å². The van der Waals surface area contributed by atoms with Crippen molar-refractivity contribution in [3.63, 3.8) is 0 Å². The standard InChI is InChI=1S/C11H13ClN2O3/c12-5-8-7-17-4-3-14(8)11(16)9-6-13-2-1-10(9)15/h1-2,6,8H,3-5,7H2,(H,13,15). The molecule has 0 saturated carbocycles. The molecular formula is C11H13ClN2O3. The molecule has 1 atom stereocenters. The lowest BCUT2D eigenvalue weighted by atomic mass is 10.2. The zero-order chi connectivity index (χ0) is 12.3. The van der Waals surface area contributed by atoms with Crippen molar-refractivity contribution in [3.8, 4) is 0 Å². The van der Waals surface area contributed by atoms with Crippen LogP contribution in [-0.2, 0) is 4.74 Å². The molecule has 0 bridgehead atoms. The molecule has 1 aliphatic rings. The summed E-state index contributed by atoms with van der Waals surface area (Å²) in [6, 6.07) is 1.17. The lowest BCUT2D eigenvalue weighted by molar-refractivity contribution is 0.00447. The number of carbonyl (C=O) groups excluding carboxylic acids is 1. The number of pyridine rings is 1. The highest BCUT2D eigenvalue weighted by Crippen LogP contribution is 2.11. The summed E-state index contributed by atoms with van der Waals surface area (Å²) in [5.74, 6) is 0.0111. The van der Waals surface area contributed by atoms with E-state index in [9.17, 15) is 9.59 Å². The Morgan fingerprint density at radius 2 is 2.47 bits per heavy atom. The normalized spacial score (nSPS) is 20.3. The van der Waals surface area contributed by atoms with Crippen LogP contribution >= 0.6 is 11.6 Å². The van der Waals surface area contributed by atoms with Gasteiger partial charge in [0.05, 0.1) is 19.3 Å². The number of nitrogens with one attached hydrogen (secondary N) is 1. The van der Waals surface area contributed by atoms with Crippen LogP contribution in [0.3, 0.4) is 0 Å². The van der Waals surface area contributed by atoms with Crippen LogP contribution in [-0.4, -0.2) is 47.5 Å². The number of aromatic nitrogens is 1. The molecule has 0 spiro atoms. The van der Waals surface area contributed by atoms with E-state index in [-0.39, 0.29) is 22.9 Å². The fraction of sp³-hybridized carbons (Fsp3) is 0.455. The number of halogens is 1. The first-order valence-corrected chi connectivity index (χ1v) is 5.89. The molecule has 1 aliphatic heterocycles. The summed E-state index contributed by atoms with van der Waals surface area (Å²) in [5.41, 5.74) is -0.141. The largest absolute Gasteiger partial charge is 0.377 e. The molecule has 2 heterocycles. The highest BCUT2D eigenvalue weighted by Gasteiger charge is 2.28. The van der Waals surface area contributed by atoms with Crippen LogP contribution < -0.4 is 5.43 Å². The number of ether oxygens (including phenoxy) is 1. The predicted molar refractivity (Wildman–Crippen MR) is 63.4 cm³/mol. The summed E-state index contributed by atoms with van der Waals surface area (Å²) in [5, 5.41) is 0. The first-order valence-electron chi connectivity index (χ1n) is 5.36. The fourth-order valence-corrected chi connectivity index (χ4v) is 2.04. The molecular weight excluding hydrogens is 244 g/mol. The van der Waals surface area contributed by atoms with E-state index < -0.39 is 0 Å². The number of alkyl halides is 1. The number of morpholine rings is 1. The molecule has 17 heavy (non-hydrogen) atoms. The van der Waals surface area contributed by atoms with Crippen molar-refractivity contribution in [1.29, 1.82) is 0 Å². The molecule has 1 aromatic heterocycles. The molecule has 1 unspecified atom stereocenters. The van der Waals surface area contributed by atoms with Crippen LogP contribution in [0.25, 0.3) is 0 Å². The van der Waals surface area contributed by atoms with E-state index >= 15 is 0 Å². The number of carbonyl (C=O) groups is 1. The Balaban J connectivity index is 2.24. The Hall–Kier alpha value is -1.33. The first kappa shape index (κ1) is 12.1. The summed E-state index contributed by atoms with van der Waals surface area (Å²) in [7, 11) is 0. The van der Waals surface area contributed by atoms with Gasteiger partial charge in [0.25, 0.3) is 5.91 Å². The van der Waals surface area contributed by atoms with Gasteiger partial charge in [0.1, 0.15) is 5.56 Å². The van der Waals surface area contributed by atoms with Gasteiger partial charge in [-0.15, -0.1) is 11.6 Å². The van der Waals surface area contributed by atoms with E-state index in [4.69, 9.17) is 16.3 Å². The molecule has 1 N–H and O–H groups in total. The SMILES string of the molecule is O=C(c1c[nH]ccc1=O)N1CCOCC1CCl. The molecule has 6 heteroatoms. The Bertz CT molecular complexity index is 460. The summed E-state index contributed by atoms with van der Waals surface area (Å²) < 4.78 is 5.26. The number of hydrogen-bond donors (Lipinski definition) is 1. The van der Waals surface area contributed by atoms with E-state index in [1.807, 2.05) is 0 Å². The maximum absolute atomic E-state index is 12.2. The lowest BCUT2D eigenvalue weighted by Gasteiger charge is -2.34. The van der Waals surface area contributed by atoms with Crippen molar-refractivity contribution in [1.82, 2.24) is 9.88 Å². The summed E-state index contributed by atoms with van der Waals surface area (Å²) in [6.45, 7) is 1.36. The Labute approximate surface area is 103 Å². The van der Waals surface area contributed by atoms with Gasteiger partial charge in [-0.3, -0.25) is 9.59 Å². The average Bonchev–Trinajstić information content (AvgIpc) is 2.38. The Kier molecular flexibility index (Phi) is 3.81. The van der Waals surface area contributed by atoms with Crippen molar-refractivity contribution in [2.24, 2.45) is 0 Å². The number of aromatic amines is 1. The van der Waals surface area contributed by atoms with E-state index in [1.54, 1.807) is 4.90 Å².